The number of pyridine rings is 1. The molecule has 4 N–H and O–H groups in total. The Bertz CT molecular complexity index is 1030. The summed E-state index contributed by atoms with van der Waals surface area (Å²) in [4.78, 5) is 11.3. The van der Waals surface area contributed by atoms with Gasteiger partial charge in [-0.15, -0.1) is 12.8 Å². The number of rotatable bonds is 3. The number of aromatic amines is 1. The number of nitrogens with one attached hydrogen (secondary N) is 1. The fourth-order valence-corrected chi connectivity index (χ4v) is 3.95. The zero-order valence-corrected chi connectivity index (χ0v) is 18.1. The largest absolute Gasteiger partial charge is 0.456 e. The highest BCUT2D eigenvalue weighted by Gasteiger charge is 2.48. The molecule has 0 unspecified atom stereocenters. The van der Waals surface area contributed by atoms with Crippen LogP contribution in [0.25, 0.3) is 11.2 Å². The number of aromatic nitrogens is 3. The maximum Gasteiger partial charge on any atom is 0.296 e. The lowest BCUT2D eigenvalue weighted by Crippen LogP contribution is -2.34. The van der Waals surface area contributed by atoms with E-state index in [-0.39, 0.29) is 30.7 Å². The highest BCUT2D eigenvalue weighted by Crippen LogP contribution is 2.39. The molecule has 1 saturated carbocycles. The number of nitrogen functional groups attached to an aromatic ring is 1. The van der Waals surface area contributed by atoms with Crippen molar-refractivity contribution < 1.29 is 19.3 Å². The highest BCUT2D eigenvalue weighted by molar-refractivity contribution is 6.33. The van der Waals surface area contributed by atoms with Crippen molar-refractivity contribution in [2.24, 2.45) is 0 Å². The van der Waals surface area contributed by atoms with Gasteiger partial charge >= 0.3 is 0 Å². The van der Waals surface area contributed by atoms with Gasteiger partial charge in [0, 0.05) is 0 Å². The van der Waals surface area contributed by atoms with Crippen LogP contribution in [0.5, 0.6) is 6.01 Å². The number of hydrogen-bond acceptors (Lipinski definition) is 7. The summed E-state index contributed by atoms with van der Waals surface area (Å²) in [5, 5.41) is 10.0. The summed E-state index contributed by atoms with van der Waals surface area (Å²) < 4.78 is 16.7. The van der Waals surface area contributed by atoms with Gasteiger partial charge in [0.15, 0.2) is 11.8 Å². The van der Waals surface area contributed by atoms with Gasteiger partial charge in [-0.1, -0.05) is 41.9 Å². The Kier molecular flexibility index (Phi) is 6.82. The van der Waals surface area contributed by atoms with Gasteiger partial charge in [0.1, 0.15) is 24.1 Å². The van der Waals surface area contributed by atoms with Crippen LogP contribution in [0, 0.1) is 12.8 Å². The molecule has 1 aliphatic carbocycles. The van der Waals surface area contributed by atoms with E-state index in [1.54, 1.807) is 6.07 Å². The summed E-state index contributed by atoms with van der Waals surface area (Å²) in [6.45, 7) is 0.586. The molecule has 4 heterocycles. The number of nitrogens with two attached hydrogens (primary N) is 1. The number of terminal acetylenes is 1. The molecule has 3 aliphatic rings. The Morgan fingerprint density at radius 1 is 1.09 bits per heavy atom. The van der Waals surface area contributed by atoms with Crippen molar-refractivity contribution in [2.45, 2.75) is 43.2 Å². The van der Waals surface area contributed by atoms with Gasteiger partial charge in [-0.25, -0.2) is 4.98 Å². The molecular formula is C23H25ClN4O4. The molecule has 2 aliphatic heterocycles. The van der Waals surface area contributed by atoms with Crippen molar-refractivity contribution >= 4 is 28.6 Å². The second-order valence-electron chi connectivity index (χ2n) is 7.77. The molecule has 4 atom stereocenters. The van der Waals surface area contributed by atoms with Crippen LogP contribution in [-0.2, 0) is 9.47 Å². The molecule has 32 heavy (non-hydrogen) atoms. The average molecular weight is 457 g/mol. The van der Waals surface area contributed by atoms with Crippen LogP contribution in [0.2, 0.25) is 5.02 Å². The lowest BCUT2D eigenvalue weighted by molar-refractivity contribution is 0.00706. The van der Waals surface area contributed by atoms with Crippen LogP contribution in [0.15, 0.2) is 36.4 Å². The van der Waals surface area contributed by atoms with Crippen LogP contribution in [-0.4, -0.2) is 57.7 Å². The number of aliphatic hydroxyl groups is 1. The number of aliphatic hydroxyl groups excluding tert-OH is 1. The van der Waals surface area contributed by atoms with Crippen molar-refractivity contribution in [1.29, 1.82) is 0 Å². The van der Waals surface area contributed by atoms with Gasteiger partial charge in [0.05, 0.1) is 23.8 Å². The number of nitrogens with zero attached hydrogens (tertiary/aromatic N) is 2. The van der Waals surface area contributed by atoms with Gasteiger partial charge in [-0.3, -0.25) is 0 Å². The first-order valence-electron chi connectivity index (χ1n) is 10.4. The molecule has 2 aromatic heterocycles. The van der Waals surface area contributed by atoms with E-state index in [1.807, 2.05) is 0 Å². The third kappa shape index (κ3) is 4.81. The predicted octanol–water partition coefficient (Wildman–Crippen LogP) is 2.91. The second kappa shape index (κ2) is 9.76. The SMILES string of the molecule is C#C.Nc1nc2nc(O[C@@H]3CO[C@H]4[C@@H]3OC[C@H]4O)[nH]c2cc1Cl.c1ccc(C2CC2)cc1. The average Bonchev–Trinajstić information content (AvgIpc) is 3.35. The number of ether oxygens (including phenoxy) is 3. The number of anilines is 1. The van der Waals surface area contributed by atoms with Crippen molar-refractivity contribution in [3.63, 3.8) is 0 Å². The van der Waals surface area contributed by atoms with E-state index in [0.29, 0.717) is 28.8 Å². The van der Waals surface area contributed by atoms with E-state index in [9.17, 15) is 5.11 Å². The third-order valence-electron chi connectivity index (χ3n) is 5.53. The molecule has 3 fully saturated rings. The quantitative estimate of drug-likeness (QED) is 0.519. The van der Waals surface area contributed by atoms with Crippen molar-refractivity contribution in [2.75, 3.05) is 18.9 Å². The maximum absolute atomic E-state index is 9.69. The fourth-order valence-electron chi connectivity index (χ4n) is 3.80. The van der Waals surface area contributed by atoms with E-state index in [0.717, 1.165) is 5.92 Å². The molecule has 6 rings (SSSR count). The summed E-state index contributed by atoms with van der Waals surface area (Å²) >= 11 is 5.91. The van der Waals surface area contributed by atoms with E-state index in [4.69, 9.17) is 31.5 Å². The Labute approximate surface area is 191 Å². The minimum absolute atomic E-state index is 0.216. The number of imidazole rings is 1. The molecule has 8 nitrogen and oxygen atoms in total. The van der Waals surface area contributed by atoms with Crippen LogP contribution >= 0.6 is 11.6 Å². The van der Waals surface area contributed by atoms with E-state index in [2.05, 4.69) is 58.1 Å². The van der Waals surface area contributed by atoms with Crippen LogP contribution < -0.4 is 10.5 Å². The summed E-state index contributed by atoms with van der Waals surface area (Å²) in [5.41, 5.74) is 8.22. The monoisotopic (exact) mass is 456 g/mol. The number of fused-ring (bicyclic) bond motifs is 2. The second-order valence-corrected chi connectivity index (χ2v) is 8.18. The van der Waals surface area contributed by atoms with Crippen LogP contribution in [0.3, 0.4) is 0 Å². The summed E-state index contributed by atoms with van der Waals surface area (Å²) in [6.07, 6.45) is 9.23. The Morgan fingerprint density at radius 3 is 2.53 bits per heavy atom. The topological polar surface area (TPSA) is 116 Å². The molecule has 0 radical (unpaired) electrons. The van der Waals surface area contributed by atoms with Crippen LogP contribution in [0.1, 0.15) is 24.3 Å². The first kappa shape index (κ1) is 22.4. The van der Waals surface area contributed by atoms with Gasteiger partial charge in [-0.2, -0.15) is 4.98 Å². The standard InChI is InChI=1S/C12H13ClN4O4.C9H10.C2H2/c13-4-1-5-11(16-10(4)14)17-12(15-5)21-7-3-20-8-6(18)2-19-9(7)8;1-2-4-8(5-3-1)9-6-7-9;1-2/h1,6-9,18H,2-3H2,(H3,14,15,16,17);1-5,9H,6-7H2;1-2H/t6-,7-,8-,9-;;/m1../s1. The molecular weight excluding hydrogens is 432 g/mol. The molecule has 9 heteroatoms. The minimum atomic E-state index is -0.612. The van der Waals surface area contributed by atoms with E-state index in [1.165, 1.54) is 18.4 Å². The third-order valence-corrected chi connectivity index (χ3v) is 5.83. The molecule has 0 bridgehead atoms. The fraction of sp³-hybridized carbons (Fsp3) is 0.391. The number of hydrogen-bond donors (Lipinski definition) is 3. The first-order valence-corrected chi connectivity index (χ1v) is 10.7. The number of H-pyrrole nitrogens is 1. The molecule has 2 saturated heterocycles. The van der Waals surface area contributed by atoms with Gasteiger partial charge in [0.2, 0.25) is 0 Å². The normalized spacial score (nSPS) is 25.9. The summed E-state index contributed by atoms with van der Waals surface area (Å²) in [5.74, 6) is 1.12. The van der Waals surface area contributed by atoms with Crippen molar-refractivity contribution in [3.8, 4) is 18.9 Å². The van der Waals surface area contributed by atoms with Gasteiger partial charge < -0.3 is 30.0 Å². The smallest absolute Gasteiger partial charge is 0.296 e. The zero-order valence-electron chi connectivity index (χ0n) is 17.4. The Balaban J connectivity index is 0.000000185. The van der Waals surface area contributed by atoms with Gasteiger partial charge in [0.25, 0.3) is 6.01 Å². The van der Waals surface area contributed by atoms with Gasteiger partial charge in [-0.05, 0) is 30.4 Å². The summed E-state index contributed by atoms with van der Waals surface area (Å²) in [7, 11) is 0. The number of benzene rings is 1. The van der Waals surface area contributed by atoms with Crippen molar-refractivity contribution in [3.05, 3.63) is 47.0 Å². The van der Waals surface area contributed by atoms with E-state index < -0.39 is 6.10 Å². The number of halogens is 1. The lowest BCUT2D eigenvalue weighted by Gasteiger charge is -2.15. The zero-order chi connectivity index (χ0) is 22.7. The molecule has 168 valence electrons. The minimum Gasteiger partial charge on any atom is -0.456 e. The van der Waals surface area contributed by atoms with E-state index >= 15 is 0 Å². The lowest BCUT2D eigenvalue weighted by atomic mass is 10.1. The molecule has 0 amide bonds. The Morgan fingerprint density at radius 2 is 1.81 bits per heavy atom. The maximum atomic E-state index is 9.69. The first-order chi connectivity index (χ1) is 15.6. The summed E-state index contributed by atoms with van der Waals surface area (Å²) in [6, 6.07) is 12.7. The predicted molar refractivity (Wildman–Crippen MR) is 122 cm³/mol. The molecule has 0 spiro atoms. The van der Waals surface area contributed by atoms with Crippen LogP contribution in [0.4, 0.5) is 5.82 Å². The van der Waals surface area contributed by atoms with Crippen molar-refractivity contribution in [1.82, 2.24) is 15.0 Å². The Hall–Kier alpha value is -2.83. The molecule has 1 aromatic carbocycles. The molecule has 3 aromatic rings. The highest BCUT2D eigenvalue weighted by atomic mass is 35.5.